The fourth-order valence-electron chi connectivity index (χ4n) is 2.38. The zero-order valence-corrected chi connectivity index (χ0v) is 14.4. The van der Waals surface area contributed by atoms with Gasteiger partial charge in [-0.3, -0.25) is 4.79 Å². The van der Waals surface area contributed by atoms with Crippen LogP contribution in [0.25, 0.3) is 0 Å². The first-order chi connectivity index (χ1) is 10.1. The van der Waals surface area contributed by atoms with E-state index in [1.807, 2.05) is 17.0 Å². The Bertz CT molecular complexity index is 673. The highest BCUT2D eigenvalue weighted by molar-refractivity contribution is 9.10. The number of nitrogens with one attached hydrogen (secondary N) is 1. The summed E-state index contributed by atoms with van der Waals surface area (Å²) in [4.78, 5) is 15.6. The molecule has 0 bridgehead atoms. The van der Waals surface area contributed by atoms with E-state index in [-0.39, 0.29) is 5.91 Å². The normalized spacial score (nSPS) is 13.9. The number of hydrogen-bond acceptors (Lipinski definition) is 3. The van der Waals surface area contributed by atoms with Gasteiger partial charge in [0.1, 0.15) is 0 Å². The molecule has 110 valence electrons. The largest absolute Gasteiger partial charge is 0.375 e. The lowest BCUT2D eigenvalue weighted by Crippen LogP contribution is -2.38. The van der Waals surface area contributed by atoms with Crippen molar-refractivity contribution in [2.24, 2.45) is 0 Å². The molecular weight excluding hydrogens is 372 g/mol. The second kappa shape index (κ2) is 6.38. The summed E-state index contributed by atoms with van der Waals surface area (Å²) in [6.07, 6.45) is 0.962. The summed E-state index contributed by atoms with van der Waals surface area (Å²) in [6.45, 7) is 1.82. The van der Waals surface area contributed by atoms with E-state index in [9.17, 15) is 4.79 Å². The minimum absolute atomic E-state index is 0.119. The molecule has 0 atom stereocenters. The summed E-state index contributed by atoms with van der Waals surface area (Å²) in [6, 6.07) is 7.60. The summed E-state index contributed by atoms with van der Waals surface area (Å²) in [5.41, 5.74) is 2.16. The van der Waals surface area contributed by atoms with Gasteiger partial charge in [0.05, 0.1) is 6.54 Å². The van der Waals surface area contributed by atoms with Crippen LogP contribution >= 0.6 is 38.9 Å². The minimum Gasteiger partial charge on any atom is -0.375 e. The first-order valence-corrected chi connectivity index (χ1v) is 8.70. The second-order valence-electron chi connectivity index (χ2n) is 4.91. The molecule has 3 nitrogen and oxygen atoms in total. The molecular formula is C15H14BrClN2OS. The van der Waals surface area contributed by atoms with Crippen LogP contribution in [0.2, 0.25) is 5.02 Å². The lowest BCUT2D eigenvalue weighted by molar-refractivity contribution is -0.130. The predicted molar refractivity (Wildman–Crippen MR) is 91.1 cm³/mol. The molecule has 6 heteroatoms. The molecule has 1 aliphatic rings. The third-order valence-electron chi connectivity index (χ3n) is 3.52. The molecule has 1 amide bonds. The highest BCUT2D eigenvalue weighted by atomic mass is 79.9. The van der Waals surface area contributed by atoms with Gasteiger partial charge in [-0.2, -0.15) is 0 Å². The van der Waals surface area contributed by atoms with E-state index in [2.05, 4.69) is 32.7 Å². The molecule has 1 aromatic carbocycles. The Morgan fingerprint density at radius 3 is 3.10 bits per heavy atom. The Hall–Kier alpha value is -1.04. The van der Waals surface area contributed by atoms with E-state index in [1.165, 1.54) is 10.4 Å². The maximum atomic E-state index is 12.3. The van der Waals surface area contributed by atoms with Crippen molar-refractivity contribution in [1.29, 1.82) is 0 Å². The average molecular weight is 386 g/mol. The van der Waals surface area contributed by atoms with E-state index in [0.29, 0.717) is 11.6 Å². The number of thiophene rings is 1. The van der Waals surface area contributed by atoms with E-state index >= 15 is 0 Å². The topological polar surface area (TPSA) is 32.3 Å². The number of rotatable bonds is 3. The van der Waals surface area contributed by atoms with Crippen LogP contribution < -0.4 is 5.32 Å². The Morgan fingerprint density at radius 1 is 1.43 bits per heavy atom. The summed E-state index contributed by atoms with van der Waals surface area (Å²) in [5.74, 6) is 0.119. The zero-order valence-electron chi connectivity index (χ0n) is 11.2. The molecule has 0 unspecified atom stereocenters. The summed E-state index contributed by atoms with van der Waals surface area (Å²) >= 11 is 11.1. The van der Waals surface area contributed by atoms with Gasteiger partial charge in [0.25, 0.3) is 0 Å². The molecule has 0 aliphatic carbocycles. The first-order valence-electron chi connectivity index (χ1n) is 6.65. The van der Waals surface area contributed by atoms with Crippen LogP contribution in [0.1, 0.15) is 10.4 Å². The van der Waals surface area contributed by atoms with Crippen LogP contribution in [0, 0.1) is 0 Å². The van der Waals surface area contributed by atoms with Crippen LogP contribution in [0.3, 0.4) is 0 Å². The maximum Gasteiger partial charge on any atom is 0.242 e. The van der Waals surface area contributed by atoms with Gasteiger partial charge in [-0.25, -0.2) is 0 Å². The molecule has 1 N–H and O–H groups in total. The van der Waals surface area contributed by atoms with Gasteiger partial charge >= 0.3 is 0 Å². The summed E-state index contributed by atoms with van der Waals surface area (Å²) in [5, 5.41) is 5.93. The van der Waals surface area contributed by atoms with Gasteiger partial charge in [-0.1, -0.05) is 11.6 Å². The molecule has 21 heavy (non-hydrogen) atoms. The highest BCUT2D eigenvalue weighted by Crippen LogP contribution is 2.26. The van der Waals surface area contributed by atoms with E-state index in [1.54, 1.807) is 17.4 Å². The quantitative estimate of drug-likeness (QED) is 0.860. The number of hydrogen-bond donors (Lipinski definition) is 1. The molecule has 0 saturated heterocycles. The lowest BCUT2D eigenvalue weighted by atomic mass is 10.1. The lowest BCUT2D eigenvalue weighted by Gasteiger charge is -2.27. The number of amides is 1. The Labute approximate surface area is 141 Å². The van der Waals surface area contributed by atoms with Gasteiger partial charge in [0, 0.05) is 33.1 Å². The van der Waals surface area contributed by atoms with Crippen LogP contribution in [0.5, 0.6) is 0 Å². The monoisotopic (exact) mass is 384 g/mol. The maximum absolute atomic E-state index is 12.3. The van der Waals surface area contributed by atoms with Crippen LogP contribution in [0.4, 0.5) is 5.69 Å². The van der Waals surface area contributed by atoms with Gasteiger partial charge in [0.15, 0.2) is 0 Å². The number of nitrogens with zero attached hydrogens (tertiary/aromatic N) is 1. The predicted octanol–water partition coefficient (Wildman–Crippen LogP) is 4.16. The van der Waals surface area contributed by atoms with Crippen LogP contribution in [-0.2, 0) is 17.8 Å². The molecule has 0 radical (unpaired) electrons. The van der Waals surface area contributed by atoms with E-state index in [0.717, 1.165) is 29.7 Å². The van der Waals surface area contributed by atoms with Crippen LogP contribution in [-0.4, -0.2) is 23.9 Å². The number of anilines is 1. The molecule has 1 aromatic heterocycles. The molecule has 0 saturated carbocycles. The van der Waals surface area contributed by atoms with Gasteiger partial charge < -0.3 is 10.2 Å². The fourth-order valence-corrected chi connectivity index (χ4v) is 4.09. The Balaban J connectivity index is 1.60. The third-order valence-corrected chi connectivity index (χ3v) is 5.44. The number of carbonyl (C=O) groups excluding carboxylic acids is 1. The van der Waals surface area contributed by atoms with Gasteiger partial charge in [-0.05, 0) is 57.6 Å². The highest BCUT2D eigenvalue weighted by Gasteiger charge is 2.21. The Morgan fingerprint density at radius 2 is 2.29 bits per heavy atom. The third kappa shape index (κ3) is 3.42. The number of halogens is 2. The minimum atomic E-state index is 0.119. The van der Waals surface area contributed by atoms with Crippen molar-refractivity contribution < 1.29 is 4.79 Å². The number of fused-ring (bicyclic) bond motifs is 1. The smallest absolute Gasteiger partial charge is 0.242 e. The fraction of sp³-hybridized carbons (Fsp3) is 0.267. The van der Waals surface area contributed by atoms with E-state index < -0.39 is 0 Å². The summed E-state index contributed by atoms with van der Waals surface area (Å²) in [7, 11) is 0. The van der Waals surface area contributed by atoms with Crippen molar-refractivity contribution in [2.75, 3.05) is 18.4 Å². The molecule has 0 spiro atoms. The average Bonchev–Trinajstić information content (AvgIpc) is 2.93. The number of carbonyl (C=O) groups is 1. The van der Waals surface area contributed by atoms with Gasteiger partial charge in [-0.15, -0.1) is 11.3 Å². The second-order valence-corrected chi connectivity index (χ2v) is 7.20. The van der Waals surface area contributed by atoms with Crippen molar-refractivity contribution in [2.45, 2.75) is 13.0 Å². The van der Waals surface area contributed by atoms with Crippen molar-refractivity contribution in [1.82, 2.24) is 4.90 Å². The Kier molecular flexibility index (Phi) is 4.52. The number of benzene rings is 1. The standard InChI is InChI=1S/C15H14BrClN2OS/c16-12-7-11(17)1-2-13(12)18-8-15(20)19-5-3-14-10(9-19)4-6-21-14/h1-2,4,6-7,18H,3,5,8-9H2. The molecule has 3 rings (SSSR count). The molecule has 1 aliphatic heterocycles. The van der Waals surface area contributed by atoms with Crippen molar-refractivity contribution in [3.8, 4) is 0 Å². The first kappa shape index (κ1) is 14.9. The van der Waals surface area contributed by atoms with Gasteiger partial charge in [0.2, 0.25) is 5.91 Å². The SMILES string of the molecule is O=C(CNc1ccc(Cl)cc1Br)N1CCc2sccc2C1. The molecule has 2 aromatic rings. The van der Waals surface area contributed by atoms with Crippen molar-refractivity contribution in [3.63, 3.8) is 0 Å². The zero-order chi connectivity index (χ0) is 14.8. The van der Waals surface area contributed by atoms with E-state index in [4.69, 9.17) is 11.6 Å². The van der Waals surface area contributed by atoms with Crippen molar-refractivity contribution in [3.05, 3.63) is 49.6 Å². The van der Waals surface area contributed by atoms with Crippen LogP contribution in [0.15, 0.2) is 34.1 Å². The van der Waals surface area contributed by atoms with Crippen molar-refractivity contribution >= 4 is 50.5 Å². The summed E-state index contributed by atoms with van der Waals surface area (Å²) < 4.78 is 0.863. The molecule has 2 heterocycles. The molecule has 0 fully saturated rings.